The van der Waals surface area contributed by atoms with Crippen molar-refractivity contribution in [3.63, 3.8) is 0 Å². The maximum absolute atomic E-state index is 10.4. The topological polar surface area (TPSA) is 66.8 Å². The van der Waals surface area contributed by atoms with Gasteiger partial charge in [-0.15, -0.1) is 0 Å². The van der Waals surface area contributed by atoms with Crippen LogP contribution >= 0.6 is 0 Å². The van der Waals surface area contributed by atoms with Crippen LogP contribution in [0.3, 0.4) is 0 Å². The molecule has 136 valence electrons. The molecule has 4 heteroatoms. The number of hydrogen-bond donors (Lipinski definition) is 2. The largest absolute Gasteiger partial charge is 0.481 e. The number of rotatable bonds is 15. The minimum atomic E-state index is -0.773. The summed E-state index contributed by atoms with van der Waals surface area (Å²) in [5.74, 6) is -0.773. The molecule has 0 spiro atoms. The predicted molar refractivity (Wildman–Crippen MR) is 98.9 cm³/mol. The molecule has 0 fully saturated rings. The summed E-state index contributed by atoms with van der Waals surface area (Å²) < 4.78 is 0. The second-order valence-corrected chi connectivity index (χ2v) is 5.65. The zero-order valence-electron chi connectivity index (χ0n) is 14.8. The molecule has 0 radical (unpaired) electrons. The lowest BCUT2D eigenvalue weighted by Gasteiger charge is -2.04. The molecule has 0 unspecified atom stereocenters. The van der Waals surface area contributed by atoms with Crippen LogP contribution < -0.4 is 0 Å². The first-order valence-corrected chi connectivity index (χ1v) is 8.86. The summed E-state index contributed by atoms with van der Waals surface area (Å²) in [6, 6.07) is 0. The van der Waals surface area contributed by atoms with Crippen molar-refractivity contribution in [3.05, 3.63) is 48.6 Å². The van der Waals surface area contributed by atoms with E-state index in [-0.39, 0.29) is 12.5 Å². The maximum atomic E-state index is 10.4. The van der Waals surface area contributed by atoms with Crippen molar-refractivity contribution in [1.82, 2.24) is 0 Å². The second-order valence-electron chi connectivity index (χ2n) is 5.65. The van der Waals surface area contributed by atoms with Gasteiger partial charge in [0.2, 0.25) is 0 Å². The standard InChI is InChI=1S/C20H32O4/c1-2-3-4-5-6-7-8-9-10-13-16-19(24-23)17-14-11-12-15-18-20(21)22/h6-7,9-11,13-14,16,19,23H,2-5,8,12,15,17-18H2,1H3,(H,21,22)/b7-6-,10-9-,14-11-,16-13-/t19-/m0/s1. The van der Waals surface area contributed by atoms with Crippen LogP contribution in [0.2, 0.25) is 0 Å². The van der Waals surface area contributed by atoms with E-state index in [0.717, 1.165) is 19.3 Å². The van der Waals surface area contributed by atoms with E-state index in [9.17, 15) is 4.79 Å². The highest BCUT2D eigenvalue weighted by Crippen LogP contribution is 2.04. The lowest BCUT2D eigenvalue weighted by atomic mass is 10.1. The van der Waals surface area contributed by atoms with Crippen molar-refractivity contribution in [2.24, 2.45) is 0 Å². The third-order valence-corrected chi connectivity index (χ3v) is 3.42. The molecule has 0 aliphatic carbocycles. The van der Waals surface area contributed by atoms with E-state index < -0.39 is 5.97 Å². The Kier molecular flexibility index (Phi) is 16.5. The molecular weight excluding hydrogens is 304 g/mol. The molecule has 0 amide bonds. The summed E-state index contributed by atoms with van der Waals surface area (Å²) in [6.07, 6.45) is 23.4. The van der Waals surface area contributed by atoms with E-state index in [1.807, 2.05) is 24.3 Å². The van der Waals surface area contributed by atoms with Gasteiger partial charge in [-0.3, -0.25) is 10.1 Å². The van der Waals surface area contributed by atoms with Gasteiger partial charge < -0.3 is 5.11 Å². The highest BCUT2D eigenvalue weighted by molar-refractivity contribution is 5.66. The Morgan fingerprint density at radius 1 is 1.00 bits per heavy atom. The fraction of sp³-hybridized carbons (Fsp3) is 0.550. The SMILES string of the molecule is CCCCC/C=C\C/C=C\C=C/[C@@H](C/C=C\CCCC(=O)O)OO. The van der Waals surface area contributed by atoms with Crippen molar-refractivity contribution in [1.29, 1.82) is 0 Å². The van der Waals surface area contributed by atoms with E-state index in [1.54, 1.807) is 6.08 Å². The van der Waals surface area contributed by atoms with E-state index in [2.05, 4.69) is 30.0 Å². The van der Waals surface area contributed by atoms with Crippen molar-refractivity contribution < 1.29 is 20.0 Å². The molecule has 0 rings (SSSR count). The van der Waals surface area contributed by atoms with Crippen LogP contribution in [0.1, 0.15) is 64.7 Å². The van der Waals surface area contributed by atoms with Gasteiger partial charge in [-0.05, 0) is 38.5 Å². The van der Waals surface area contributed by atoms with Crippen LogP contribution in [0.4, 0.5) is 0 Å². The molecule has 0 bridgehead atoms. The average molecular weight is 336 g/mol. The molecule has 4 nitrogen and oxygen atoms in total. The first-order valence-electron chi connectivity index (χ1n) is 8.86. The monoisotopic (exact) mass is 336 g/mol. The third kappa shape index (κ3) is 16.7. The van der Waals surface area contributed by atoms with Crippen LogP contribution in [-0.4, -0.2) is 22.4 Å². The zero-order chi connectivity index (χ0) is 17.9. The Morgan fingerprint density at radius 2 is 1.75 bits per heavy atom. The summed E-state index contributed by atoms with van der Waals surface area (Å²) in [4.78, 5) is 14.8. The molecule has 0 saturated carbocycles. The first kappa shape index (κ1) is 22.4. The molecule has 0 aromatic carbocycles. The molecule has 0 aliphatic heterocycles. The number of carboxylic acids is 1. The molecule has 24 heavy (non-hydrogen) atoms. The maximum Gasteiger partial charge on any atom is 0.303 e. The molecule has 0 aromatic rings. The smallest absolute Gasteiger partial charge is 0.303 e. The van der Waals surface area contributed by atoms with Crippen LogP contribution in [0, 0.1) is 0 Å². The van der Waals surface area contributed by atoms with Gasteiger partial charge in [0.05, 0.1) is 0 Å². The molecule has 0 saturated heterocycles. The molecule has 2 N–H and O–H groups in total. The third-order valence-electron chi connectivity index (χ3n) is 3.42. The van der Waals surface area contributed by atoms with Gasteiger partial charge in [-0.25, -0.2) is 4.89 Å². The Bertz CT molecular complexity index is 408. The normalized spacial score (nSPS) is 13.8. The first-order chi connectivity index (χ1) is 11.7. The number of aliphatic carboxylic acids is 1. The van der Waals surface area contributed by atoms with Crippen molar-refractivity contribution in [3.8, 4) is 0 Å². The van der Waals surface area contributed by atoms with Gasteiger partial charge in [0.1, 0.15) is 6.10 Å². The van der Waals surface area contributed by atoms with Gasteiger partial charge in [0, 0.05) is 6.42 Å². The van der Waals surface area contributed by atoms with E-state index in [0.29, 0.717) is 12.8 Å². The molecule has 0 aromatic heterocycles. The van der Waals surface area contributed by atoms with Crippen molar-refractivity contribution in [2.45, 2.75) is 70.8 Å². The Balaban J connectivity index is 3.81. The minimum absolute atomic E-state index is 0.183. The lowest BCUT2D eigenvalue weighted by molar-refractivity contribution is -0.264. The number of carboxylic acid groups (broad SMARTS) is 1. The molecule has 0 aliphatic rings. The summed E-state index contributed by atoms with van der Waals surface area (Å²) in [7, 11) is 0. The van der Waals surface area contributed by atoms with Gasteiger partial charge in [-0.1, -0.05) is 68.4 Å². The average Bonchev–Trinajstić information content (AvgIpc) is 2.57. The van der Waals surface area contributed by atoms with Gasteiger partial charge >= 0.3 is 5.97 Å². The molecule has 1 atom stereocenters. The van der Waals surface area contributed by atoms with E-state index in [1.165, 1.54) is 19.3 Å². The summed E-state index contributed by atoms with van der Waals surface area (Å²) >= 11 is 0. The summed E-state index contributed by atoms with van der Waals surface area (Å²) in [5, 5.41) is 17.4. The minimum Gasteiger partial charge on any atom is -0.481 e. The van der Waals surface area contributed by atoms with Gasteiger partial charge in [0.25, 0.3) is 0 Å². The highest BCUT2D eigenvalue weighted by Gasteiger charge is 2.00. The zero-order valence-corrected chi connectivity index (χ0v) is 14.8. The van der Waals surface area contributed by atoms with Crippen molar-refractivity contribution in [2.75, 3.05) is 0 Å². The molecular formula is C20H32O4. The molecule has 0 heterocycles. The second kappa shape index (κ2) is 17.7. The van der Waals surface area contributed by atoms with E-state index >= 15 is 0 Å². The van der Waals surface area contributed by atoms with Crippen LogP contribution in [0.25, 0.3) is 0 Å². The predicted octanol–water partition coefficient (Wildman–Crippen LogP) is 5.68. The quantitative estimate of drug-likeness (QED) is 0.133. The van der Waals surface area contributed by atoms with Crippen LogP contribution in [0.15, 0.2) is 48.6 Å². The number of allylic oxidation sites excluding steroid dienone is 6. The van der Waals surface area contributed by atoms with Gasteiger partial charge in [0.15, 0.2) is 0 Å². The van der Waals surface area contributed by atoms with Crippen LogP contribution in [0.5, 0.6) is 0 Å². The van der Waals surface area contributed by atoms with Gasteiger partial charge in [-0.2, -0.15) is 0 Å². The summed E-state index contributed by atoms with van der Waals surface area (Å²) in [6.45, 7) is 2.21. The van der Waals surface area contributed by atoms with Crippen molar-refractivity contribution >= 4 is 5.97 Å². The highest BCUT2D eigenvalue weighted by atomic mass is 17.1. The fourth-order valence-electron chi connectivity index (χ4n) is 2.03. The lowest BCUT2D eigenvalue weighted by Crippen LogP contribution is -2.04. The number of hydrogen-bond acceptors (Lipinski definition) is 3. The van der Waals surface area contributed by atoms with E-state index in [4.69, 9.17) is 10.4 Å². The number of unbranched alkanes of at least 4 members (excludes halogenated alkanes) is 4. The van der Waals surface area contributed by atoms with Crippen LogP contribution in [-0.2, 0) is 9.68 Å². The Hall–Kier alpha value is -1.65. The Morgan fingerprint density at radius 3 is 2.46 bits per heavy atom. The Labute approximate surface area is 146 Å². The summed E-state index contributed by atoms with van der Waals surface area (Å²) in [5.41, 5.74) is 0. The number of carbonyl (C=O) groups is 1. The fourth-order valence-corrected chi connectivity index (χ4v) is 2.03.